The normalized spacial score (nSPS) is 26.8. The Hall–Kier alpha value is -1.77. The lowest BCUT2D eigenvalue weighted by molar-refractivity contribution is -0.142. The fourth-order valence-corrected chi connectivity index (χ4v) is 6.21. The van der Waals surface area contributed by atoms with E-state index in [1.165, 1.54) is 9.21 Å². The summed E-state index contributed by atoms with van der Waals surface area (Å²) in [7, 11) is -3.53. The maximum atomic E-state index is 13.0. The van der Waals surface area contributed by atoms with Gasteiger partial charge in [0.1, 0.15) is 0 Å². The molecule has 1 aliphatic carbocycles. The maximum Gasteiger partial charge on any atom is 0.243 e. The molecule has 2 aliphatic heterocycles. The highest BCUT2D eigenvalue weighted by Gasteiger charge is 2.48. The van der Waals surface area contributed by atoms with E-state index < -0.39 is 10.0 Å². The number of nitrogens with zero attached hydrogens (tertiary/aromatic N) is 3. The van der Waals surface area contributed by atoms with Gasteiger partial charge in [0.05, 0.1) is 23.4 Å². The number of imide groups is 1. The summed E-state index contributed by atoms with van der Waals surface area (Å²) < 4.78 is 27.4. The van der Waals surface area contributed by atoms with Crippen molar-refractivity contribution >= 4 is 21.8 Å². The van der Waals surface area contributed by atoms with Crippen molar-refractivity contribution < 1.29 is 18.0 Å². The van der Waals surface area contributed by atoms with E-state index >= 15 is 0 Å². The number of benzene rings is 1. The zero-order valence-corrected chi connectivity index (χ0v) is 18.0. The predicted molar refractivity (Wildman–Crippen MR) is 108 cm³/mol. The number of carbonyl (C=O) groups excluding carboxylic acids is 2. The van der Waals surface area contributed by atoms with Crippen LogP contribution in [0.25, 0.3) is 0 Å². The maximum absolute atomic E-state index is 13.0. The highest BCUT2D eigenvalue weighted by atomic mass is 32.2. The molecule has 7 nitrogen and oxygen atoms in total. The summed E-state index contributed by atoms with van der Waals surface area (Å²) in [6.07, 6.45) is 3.66. The zero-order valence-electron chi connectivity index (χ0n) is 17.1. The van der Waals surface area contributed by atoms with Crippen LogP contribution in [0, 0.1) is 25.7 Å². The first-order valence-corrected chi connectivity index (χ1v) is 11.9. The number of sulfonamides is 1. The van der Waals surface area contributed by atoms with Gasteiger partial charge < -0.3 is 0 Å². The molecule has 2 heterocycles. The Labute approximate surface area is 172 Å². The van der Waals surface area contributed by atoms with Crippen LogP contribution in [0.2, 0.25) is 0 Å². The fourth-order valence-electron chi connectivity index (χ4n) is 4.71. The monoisotopic (exact) mass is 419 g/mol. The minimum absolute atomic E-state index is 0.0371. The molecule has 1 aromatic rings. The second kappa shape index (κ2) is 7.81. The summed E-state index contributed by atoms with van der Waals surface area (Å²) in [6, 6.07) is 5.22. The Bertz CT molecular complexity index is 898. The number of aryl methyl sites for hydroxylation is 2. The van der Waals surface area contributed by atoms with Gasteiger partial charge in [-0.2, -0.15) is 4.31 Å². The standard InChI is InChI=1S/C21H29N3O4S/c1-15-7-8-17(13-16(15)2)29(27,28)23-11-9-22(10-12-23)14-24-20(25)18-5-3-4-6-19(18)21(24)26/h7-8,13,18-19H,3-6,9-12,14H2,1-2H3/t18-,19+. The van der Waals surface area contributed by atoms with Crippen LogP contribution >= 0.6 is 0 Å². The van der Waals surface area contributed by atoms with Gasteiger partial charge in [0.15, 0.2) is 0 Å². The van der Waals surface area contributed by atoms with Crippen molar-refractivity contribution in [1.29, 1.82) is 0 Å². The van der Waals surface area contributed by atoms with Gasteiger partial charge in [0.25, 0.3) is 0 Å². The number of hydrogen-bond acceptors (Lipinski definition) is 5. The number of hydrogen-bond donors (Lipinski definition) is 0. The number of piperazine rings is 1. The molecule has 1 aromatic carbocycles. The minimum atomic E-state index is -3.53. The SMILES string of the molecule is Cc1ccc(S(=O)(=O)N2CCN(CN3C(=O)[C@H]4CCCC[C@H]4C3=O)CC2)cc1C. The van der Waals surface area contributed by atoms with Gasteiger partial charge in [0.2, 0.25) is 21.8 Å². The highest BCUT2D eigenvalue weighted by Crippen LogP contribution is 2.38. The van der Waals surface area contributed by atoms with Gasteiger partial charge in [-0.05, 0) is 49.9 Å². The molecule has 0 N–H and O–H groups in total. The molecule has 0 aromatic heterocycles. The third-order valence-electron chi connectivity index (χ3n) is 6.72. The van der Waals surface area contributed by atoms with Crippen LogP contribution in [0.4, 0.5) is 0 Å². The molecule has 2 saturated heterocycles. The summed E-state index contributed by atoms with van der Waals surface area (Å²) in [5.74, 6) is -0.347. The fraction of sp³-hybridized carbons (Fsp3) is 0.619. The second-order valence-corrected chi connectivity index (χ2v) is 10.4. The largest absolute Gasteiger partial charge is 0.283 e. The Morgan fingerprint density at radius 2 is 1.48 bits per heavy atom. The van der Waals surface area contributed by atoms with Crippen LogP contribution in [0.3, 0.4) is 0 Å². The van der Waals surface area contributed by atoms with Crippen molar-refractivity contribution in [1.82, 2.24) is 14.1 Å². The van der Waals surface area contributed by atoms with E-state index in [1.807, 2.05) is 24.8 Å². The van der Waals surface area contributed by atoms with E-state index in [0.717, 1.165) is 36.8 Å². The van der Waals surface area contributed by atoms with E-state index in [4.69, 9.17) is 0 Å². The molecule has 0 bridgehead atoms. The molecular weight excluding hydrogens is 390 g/mol. The molecule has 2 atom stereocenters. The van der Waals surface area contributed by atoms with Gasteiger partial charge in [0, 0.05) is 26.2 Å². The number of carbonyl (C=O) groups is 2. The Kier molecular flexibility index (Phi) is 5.52. The van der Waals surface area contributed by atoms with E-state index in [-0.39, 0.29) is 30.3 Å². The van der Waals surface area contributed by atoms with E-state index in [0.29, 0.717) is 31.1 Å². The van der Waals surface area contributed by atoms with Gasteiger partial charge in [-0.3, -0.25) is 19.4 Å². The van der Waals surface area contributed by atoms with E-state index in [1.54, 1.807) is 12.1 Å². The molecule has 8 heteroatoms. The molecule has 0 spiro atoms. The molecule has 3 fully saturated rings. The van der Waals surface area contributed by atoms with Crippen molar-refractivity contribution in [3.8, 4) is 0 Å². The molecule has 158 valence electrons. The van der Waals surface area contributed by atoms with Gasteiger partial charge >= 0.3 is 0 Å². The first-order valence-electron chi connectivity index (χ1n) is 10.4. The summed E-state index contributed by atoms with van der Waals surface area (Å²) in [5, 5.41) is 0. The summed E-state index contributed by atoms with van der Waals surface area (Å²) >= 11 is 0. The lowest BCUT2D eigenvalue weighted by Crippen LogP contribution is -2.52. The first-order chi connectivity index (χ1) is 13.8. The van der Waals surface area contributed by atoms with Crippen LogP contribution in [0.5, 0.6) is 0 Å². The molecule has 4 rings (SSSR count). The van der Waals surface area contributed by atoms with Crippen LogP contribution < -0.4 is 0 Å². The predicted octanol–water partition coefficient (Wildman–Crippen LogP) is 1.74. The topological polar surface area (TPSA) is 78.0 Å². The molecule has 0 unspecified atom stereocenters. The van der Waals surface area contributed by atoms with Crippen molar-refractivity contribution in [3.63, 3.8) is 0 Å². The van der Waals surface area contributed by atoms with E-state index in [9.17, 15) is 18.0 Å². The number of likely N-dealkylation sites (tertiary alicyclic amines) is 1. The van der Waals surface area contributed by atoms with Crippen molar-refractivity contribution in [2.24, 2.45) is 11.8 Å². The number of rotatable bonds is 4. The summed E-state index contributed by atoms with van der Waals surface area (Å²) in [6.45, 7) is 5.89. The molecule has 0 radical (unpaired) electrons. The van der Waals surface area contributed by atoms with Gasteiger partial charge in [-0.15, -0.1) is 0 Å². The quantitative estimate of drug-likeness (QED) is 0.695. The lowest BCUT2D eigenvalue weighted by atomic mass is 9.81. The minimum Gasteiger partial charge on any atom is -0.283 e. The van der Waals surface area contributed by atoms with Crippen LogP contribution in [-0.2, 0) is 19.6 Å². The number of fused-ring (bicyclic) bond motifs is 1. The molecule has 29 heavy (non-hydrogen) atoms. The third kappa shape index (κ3) is 3.73. The van der Waals surface area contributed by atoms with Crippen molar-refractivity contribution in [3.05, 3.63) is 29.3 Å². The third-order valence-corrected chi connectivity index (χ3v) is 8.62. The van der Waals surface area contributed by atoms with Crippen LogP contribution in [0.15, 0.2) is 23.1 Å². The summed E-state index contributed by atoms with van der Waals surface area (Å²) in [5.41, 5.74) is 2.02. The highest BCUT2D eigenvalue weighted by molar-refractivity contribution is 7.89. The first kappa shape index (κ1) is 20.5. The van der Waals surface area contributed by atoms with Crippen molar-refractivity contribution in [2.45, 2.75) is 44.4 Å². The summed E-state index contributed by atoms with van der Waals surface area (Å²) in [4.78, 5) is 29.1. The average Bonchev–Trinajstić information content (AvgIpc) is 2.95. The Morgan fingerprint density at radius 3 is 2.03 bits per heavy atom. The Morgan fingerprint density at radius 1 is 0.897 bits per heavy atom. The molecular formula is C21H29N3O4S. The van der Waals surface area contributed by atoms with E-state index in [2.05, 4.69) is 0 Å². The van der Waals surface area contributed by atoms with Crippen molar-refractivity contribution in [2.75, 3.05) is 32.8 Å². The van der Waals surface area contributed by atoms with Gasteiger partial charge in [-0.1, -0.05) is 18.9 Å². The number of amides is 2. The average molecular weight is 420 g/mol. The smallest absolute Gasteiger partial charge is 0.243 e. The van der Waals surface area contributed by atoms with Crippen LogP contribution in [-0.4, -0.2) is 67.2 Å². The van der Waals surface area contributed by atoms with Crippen LogP contribution in [0.1, 0.15) is 36.8 Å². The van der Waals surface area contributed by atoms with Gasteiger partial charge in [-0.25, -0.2) is 8.42 Å². The molecule has 3 aliphatic rings. The lowest BCUT2D eigenvalue weighted by Gasteiger charge is -2.35. The molecule has 1 saturated carbocycles. The molecule has 2 amide bonds. The second-order valence-electron chi connectivity index (χ2n) is 8.51. The Balaban J connectivity index is 1.39. The zero-order chi connectivity index (χ0) is 20.8.